The van der Waals surface area contributed by atoms with Gasteiger partial charge in [-0.2, -0.15) is 5.26 Å². The van der Waals surface area contributed by atoms with Crippen LogP contribution in [0, 0.1) is 22.7 Å². The maximum absolute atomic E-state index is 13.1. The van der Waals surface area contributed by atoms with E-state index in [9.17, 15) is 19.6 Å². The minimum absolute atomic E-state index is 0.104. The van der Waals surface area contributed by atoms with Gasteiger partial charge in [0, 0.05) is 18.5 Å². The van der Waals surface area contributed by atoms with E-state index in [1.807, 2.05) is 20.8 Å². The number of rotatable bonds is 8. The molecule has 3 rings (SSSR count). The van der Waals surface area contributed by atoms with Gasteiger partial charge < -0.3 is 25.7 Å². The number of carbonyl (C=O) groups is 3. The minimum Gasteiger partial charge on any atom is -0.481 e. The fourth-order valence-corrected chi connectivity index (χ4v) is 3.85. The first-order chi connectivity index (χ1) is 15.6. The molecule has 3 atom stereocenters. The average molecular weight is 455 g/mol. The standard InChI is InChI=1S/C23H30N6O4/c1-23(2,3)11-18(22(32)26-14(12-24)9-13-7-8-25-20(13)30)29-21(31)17-10-16-15(27-17)5-6-19(28-16)33-4/h5-6,10,13-14,18,27H,7-9,11H2,1-4H3,(H,25,30)(H,26,32)(H,29,31)/t13-,14-,18-/m0/s1. The third kappa shape index (κ3) is 6.22. The number of carbonyl (C=O) groups excluding carboxylic acids is 3. The number of aromatic amines is 1. The van der Waals surface area contributed by atoms with E-state index in [1.165, 1.54) is 7.11 Å². The van der Waals surface area contributed by atoms with Gasteiger partial charge in [-0.3, -0.25) is 14.4 Å². The normalized spacial score (nSPS) is 17.7. The molecule has 4 N–H and O–H groups in total. The molecule has 0 saturated carbocycles. The molecule has 3 amide bonds. The molecule has 10 nitrogen and oxygen atoms in total. The van der Waals surface area contributed by atoms with Crippen molar-refractivity contribution in [3.8, 4) is 11.9 Å². The summed E-state index contributed by atoms with van der Waals surface area (Å²) in [5.41, 5.74) is 1.22. The summed E-state index contributed by atoms with van der Waals surface area (Å²) in [5.74, 6) is -0.898. The predicted molar refractivity (Wildman–Crippen MR) is 121 cm³/mol. The Morgan fingerprint density at radius 2 is 2.09 bits per heavy atom. The van der Waals surface area contributed by atoms with E-state index in [-0.39, 0.29) is 29.4 Å². The van der Waals surface area contributed by atoms with Crippen LogP contribution < -0.4 is 20.7 Å². The lowest BCUT2D eigenvalue weighted by atomic mass is 9.87. The molecule has 1 aliphatic heterocycles. The Hall–Kier alpha value is -3.61. The minimum atomic E-state index is -0.861. The van der Waals surface area contributed by atoms with Crippen molar-refractivity contribution in [3.63, 3.8) is 0 Å². The van der Waals surface area contributed by atoms with Gasteiger partial charge in [0.15, 0.2) is 0 Å². The topological polar surface area (TPSA) is 149 Å². The van der Waals surface area contributed by atoms with Crippen LogP contribution in [-0.2, 0) is 9.59 Å². The van der Waals surface area contributed by atoms with Crippen molar-refractivity contribution in [1.29, 1.82) is 5.26 Å². The van der Waals surface area contributed by atoms with Crippen LogP contribution >= 0.6 is 0 Å². The highest BCUT2D eigenvalue weighted by molar-refractivity contribution is 5.99. The highest BCUT2D eigenvalue weighted by Gasteiger charge is 2.32. The molecule has 176 valence electrons. The summed E-state index contributed by atoms with van der Waals surface area (Å²) in [6, 6.07) is 5.41. The third-order valence-electron chi connectivity index (χ3n) is 5.50. The van der Waals surface area contributed by atoms with Gasteiger partial charge in [0.2, 0.25) is 17.7 Å². The number of methoxy groups -OCH3 is 1. The smallest absolute Gasteiger partial charge is 0.268 e. The van der Waals surface area contributed by atoms with Gasteiger partial charge in [-0.15, -0.1) is 0 Å². The fourth-order valence-electron chi connectivity index (χ4n) is 3.85. The van der Waals surface area contributed by atoms with Gasteiger partial charge in [-0.05, 0) is 36.8 Å². The van der Waals surface area contributed by atoms with Crippen molar-refractivity contribution < 1.29 is 19.1 Å². The predicted octanol–water partition coefficient (Wildman–Crippen LogP) is 1.64. The summed E-state index contributed by atoms with van der Waals surface area (Å²) in [7, 11) is 1.51. The zero-order chi connectivity index (χ0) is 24.2. The zero-order valence-corrected chi connectivity index (χ0v) is 19.3. The highest BCUT2D eigenvalue weighted by Crippen LogP contribution is 2.23. The van der Waals surface area contributed by atoms with Crippen LogP contribution in [-0.4, -0.2) is 53.4 Å². The number of nitrogens with zero attached hydrogens (tertiary/aromatic N) is 2. The number of hydrogen-bond acceptors (Lipinski definition) is 6. The molecule has 0 radical (unpaired) electrons. The molecule has 2 aromatic rings. The van der Waals surface area contributed by atoms with E-state index < -0.39 is 23.9 Å². The van der Waals surface area contributed by atoms with Gasteiger partial charge in [-0.1, -0.05) is 20.8 Å². The Labute approximate surface area is 192 Å². The SMILES string of the molecule is COc1ccc2[nH]c(C(=O)N[C@@H](CC(C)(C)C)C(=O)N[C@H](C#N)C[C@@H]3CCNC3=O)cc2n1. The summed E-state index contributed by atoms with van der Waals surface area (Å²) in [6.07, 6.45) is 1.23. The third-order valence-corrected chi connectivity index (χ3v) is 5.50. The summed E-state index contributed by atoms with van der Waals surface area (Å²) in [4.78, 5) is 45.1. The molecule has 10 heteroatoms. The van der Waals surface area contributed by atoms with Crippen molar-refractivity contribution in [1.82, 2.24) is 25.9 Å². The number of nitrogens with one attached hydrogen (secondary N) is 4. The molecule has 0 spiro atoms. The maximum atomic E-state index is 13.1. The summed E-state index contributed by atoms with van der Waals surface area (Å²) in [6.45, 7) is 6.46. The lowest BCUT2D eigenvalue weighted by Gasteiger charge is -2.27. The Kier molecular flexibility index (Phi) is 7.21. The first-order valence-electron chi connectivity index (χ1n) is 10.9. The fraction of sp³-hybridized carbons (Fsp3) is 0.522. The molecule has 33 heavy (non-hydrogen) atoms. The van der Waals surface area contributed by atoms with Gasteiger partial charge in [-0.25, -0.2) is 4.98 Å². The number of hydrogen-bond donors (Lipinski definition) is 4. The number of H-pyrrole nitrogens is 1. The van der Waals surface area contributed by atoms with Crippen molar-refractivity contribution >= 4 is 28.8 Å². The van der Waals surface area contributed by atoms with Crippen LogP contribution in [0.25, 0.3) is 11.0 Å². The van der Waals surface area contributed by atoms with Crippen molar-refractivity contribution in [2.24, 2.45) is 11.3 Å². The van der Waals surface area contributed by atoms with Crippen LogP contribution in [0.4, 0.5) is 0 Å². The van der Waals surface area contributed by atoms with Crippen LogP contribution in [0.2, 0.25) is 0 Å². The number of nitriles is 1. The van der Waals surface area contributed by atoms with E-state index in [0.717, 1.165) is 0 Å². The lowest BCUT2D eigenvalue weighted by molar-refractivity contribution is -0.125. The van der Waals surface area contributed by atoms with Crippen LogP contribution in [0.5, 0.6) is 5.88 Å². The van der Waals surface area contributed by atoms with Gasteiger partial charge >= 0.3 is 0 Å². The maximum Gasteiger partial charge on any atom is 0.268 e. The largest absolute Gasteiger partial charge is 0.481 e. The first-order valence-corrected chi connectivity index (χ1v) is 10.9. The number of fused-ring (bicyclic) bond motifs is 1. The summed E-state index contributed by atoms with van der Waals surface area (Å²) < 4.78 is 5.11. The van der Waals surface area contributed by atoms with Crippen LogP contribution in [0.3, 0.4) is 0 Å². The average Bonchev–Trinajstić information content (AvgIpc) is 3.37. The summed E-state index contributed by atoms with van der Waals surface area (Å²) in [5, 5.41) is 17.7. The molecule has 0 aliphatic carbocycles. The second kappa shape index (κ2) is 9.90. The van der Waals surface area contributed by atoms with Crippen molar-refractivity contribution in [3.05, 3.63) is 23.9 Å². The van der Waals surface area contributed by atoms with Gasteiger partial charge in [0.05, 0.1) is 24.2 Å². The van der Waals surface area contributed by atoms with Crippen LogP contribution in [0.15, 0.2) is 18.2 Å². The van der Waals surface area contributed by atoms with E-state index in [1.54, 1.807) is 18.2 Å². The molecule has 1 fully saturated rings. The van der Waals surface area contributed by atoms with E-state index in [2.05, 4.69) is 32.0 Å². The second-order valence-corrected chi connectivity index (χ2v) is 9.46. The number of pyridine rings is 1. The number of ether oxygens (including phenoxy) is 1. The lowest BCUT2D eigenvalue weighted by Crippen LogP contribution is -2.51. The van der Waals surface area contributed by atoms with Crippen molar-refractivity contribution in [2.75, 3.05) is 13.7 Å². The number of aromatic nitrogens is 2. The first kappa shape index (κ1) is 24.0. The van der Waals surface area contributed by atoms with Crippen LogP contribution in [0.1, 0.15) is 50.5 Å². The van der Waals surface area contributed by atoms with Gasteiger partial charge in [0.25, 0.3) is 5.91 Å². The molecule has 1 saturated heterocycles. The van der Waals surface area contributed by atoms with E-state index >= 15 is 0 Å². The molecular weight excluding hydrogens is 424 g/mol. The molecule has 0 unspecified atom stereocenters. The van der Waals surface area contributed by atoms with Crippen molar-refractivity contribution in [2.45, 2.75) is 52.1 Å². The quantitative estimate of drug-likeness (QED) is 0.476. The van der Waals surface area contributed by atoms with Gasteiger partial charge in [0.1, 0.15) is 17.8 Å². The zero-order valence-electron chi connectivity index (χ0n) is 19.3. The Morgan fingerprint density at radius 3 is 2.70 bits per heavy atom. The van der Waals surface area contributed by atoms with E-state index in [0.29, 0.717) is 36.3 Å². The second-order valence-electron chi connectivity index (χ2n) is 9.46. The Bertz CT molecular complexity index is 1080. The molecular formula is C23H30N6O4. The van der Waals surface area contributed by atoms with E-state index in [4.69, 9.17) is 4.74 Å². The highest BCUT2D eigenvalue weighted by atomic mass is 16.5. The molecule has 2 aromatic heterocycles. The monoisotopic (exact) mass is 454 g/mol. The Balaban J connectivity index is 1.73. The molecule has 0 aromatic carbocycles. The summed E-state index contributed by atoms with van der Waals surface area (Å²) >= 11 is 0. The molecule has 0 bridgehead atoms. The Morgan fingerprint density at radius 1 is 1.33 bits per heavy atom. The molecule has 1 aliphatic rings. The number of amides is 3. The molecule has 3 heterocycles.